The molecule has 1 aromatic heterocycles. The van der Waals surface area contributed by atoms with Crippen LogP contribution < -0.4 is 0 Å². The third kappa shape index (κ3) is 3.84. The number of carbonyl (C=O) groups excluding carboxylic acids is 1. The van der Waals surface area contributed by atoms with Crippen molar-refractivity contribution in [2.24, 2.45) is 0 Å². The van der Waals surface area contributed by atoms with Gasteiger partial charge in [-0.25, -0.2) is 4.39 Å². The molecule has 112 valence electrons. The summed E-state index contributed by atoms with van der Waals surface area (Å²) in [6.07, 6.45) is 1.09. The van der Waals surface area contributed by atoms with Crippen molar-refractivity contribution in [3.63, 3.8) is 0 Å². The van der Waals surface area contributed by atoms with Crippen molar-refractivity contribution in [2.45, 2.75) is 26.3 Å². The summed E-state index contributed by atoms with van der Waals surface area (Å²) in [6.45, 7) is 2.21. The molecule has 1 amide bonds. The maximum absolute atomic E-state index is 13.2. The molecule has 0 aliphatic carbocycles. The normalized spacial score (nSPS) is 10.7. The van der Waals surface area contributed by atoms with Gasteiger partial charge in [-0.15, -0.1) is 10.2 Å². The lowest BCUT2D eigenvalue weighted by Gasteiger charge is -2.08. The summed E-state index contributed by atoms with van der Waals surface area (Å²) in [5, 5.41) is 12.1. The van der Waals surface area contributed by atoms with Crippen LogP contribution in [0.5, 0.6) is 0 Å². The Bertz CT molecular complexity index is 638. The van der Waals surface area contributed by atoms with Gasteiger partial charge < -0.3 is 4.90 Å². The number of aromatic nitrogens is 4. The third-order valence-electron chi connectivity index (χ3n) is 3.12. The maximum Gasteiger partial charge on any atom is 0.222 e. The number of benzene rings is 1. The van der Waals surface area contributed by atoms with Crippen molar-refractivity contribution in [1.29, 1.82) is 0 Å². The van der Waals surface area contributed by atoms with Gasteiger partial charge in [-0.2, -0.15) is 4.80 Å². The molecule has 0 bridgehead atoms. The number of hydrogen-bond donors (Lipinski definition) is 0. The molecule has 2 aromatic rings. The predicted molar refractivity (Wildman–Crippen MR) is 75.9 cm³/mol. The van der Waals surface area contributed by atoms with Gasteiger partial charge in [0, 0.05) is 26.1 Å². The molecule has 0 saturated heterocycles. The monoisotopic (exact) mass is 291 g/mol. The van der Waals surface area contributed by atoms with Gasteiger partial charge in [0.05, 0.1) is 6.54 Å². The fourth-order valence-corrected chi connectivity index (χ4v) is 1.83. The van der Waals surface area contributed by atoms with E-state index in [-0.39, 0.29) is 11.7 Å². The number of hydrogen-bond acceptors (Lipinski definition) is 4. The Morgan fingerprint density at radius 1 is 1.38 bits per heavy atom. The van der Waals surface area contributed by atoms with E-state index in [9.17, 15) is 9.18 Å². The van der Waals surface area contributed by atoms with Gasteiger partial charge in [-0.05, 0) is 42.3 Å². The molecule has 1 heterocycles. The molecule has 1 aromatic carbocycles. The van der Waals surface area contributed by atoms with Crippen LogP contribution in [0, 0.1) is 12.7 Å². The molecule has 0 N–H and O–H groups in total. The van der Waals surface area contributed by atoms with Gasteiger partial charge in [-0.3, -0.25) is 4.79 Å². The minimum Gasteiger partial charge on any atom is -0.349 e. The lowest BCUT2D eigenvalue weighted by Crippen LogP contribution is -2.21. The van der Waals surface area contributed by atoms with Crippen LogP contribution in [0.25, 0.3) is 11.4 Å². The van der Waals surface area contributed by atoms with Crippen LogP contribution in [0.15, 0.2) is 18.2 Å². The second-order valence-electron chi connectivity index (χ2n) is 5.06. The summed E-state index contributed by atoms with van der Waals surface area (Å²) in [4.78, 5) is 14.5. The number of halogens is 1. The molecule has 0 spiro atoms. The van der Waals surface area contributed by atoms with E-state index in [4.69, 9.17) is 0 Å². The number of carbonyl (C=O) groups is 1. The molecule has 7 heteroatoms. The number of tetrazole rings is 1. The second-order valence-corrected chi connectivity index (χ2v) is 5.06. The highest BCUT2D eigenvalue weighted by Crippen LogP contribution is 2.17. The Balaban J connectivity index is 1.98. The van der Waals surface area contributed by atoms with Crippen molar-refractivity contribution in [3.8, 4) is 11.4 Å². The Morgan fingerprint density at radius 3 is 2.81 bits per heavy atom. The Morgan fingerprint density at radius 2 is 2.14 bits per heavy atom. The van der Waals surface area contributed by atoms with Crippen LogP contribution in [0.2, 0.25) is 0 Å². The van der Waals surface area contributed by atoms with E-state index in [0.29, 0.717) is 30.8 Å². The van der Waals surface area contributed by atoms with E-state index in [2.05, 4.69) is 15.4 Å². The smallest absolute Gasteiger partial charge is 0.222 e. The van der Waals surface area contributed by atoms with Crippen LogP contribution in [0.1, 0.15) is 18.4 Å². The zero-order chi connectivity index (χ0) is 15.4. The number of nitrogens with zero attached hydrogens (tertiary/aromatic N) is 5. The first-order chi connectivity index (χ1) is 9.97. The highest BCUT2D eigenvalue weighted by molar-refractivity contribution is 5.75. The van der Waals surface area contributed by atoms with E-state index < -0.39 is 0 Å². The van der Waals surface area contributed by atoms with Gasteiger partial charge >= 0.3 is 0 Å². The molecule has 6 nitrogen and oxygen atoms in total. The molecule has 0 unspecified atom stereocenters. The first-order valence-corrected chi connectivity index (χ1v) is 6.72. The molecule has 0 aliphatic heterocycles. The van der Waals surface area contributed by atoms with Crippen LogP contribution in [0.4, 0.5) is 4.39 Å². The predicted octanol–water partition coefficient (Wildman–Crippen LogP) is 1.66. The van der Waals surface area contributed by atoms with Crippen molar-refractivity contribution in [1.82, 2.24) is 25.1 Å². The van der Waals surface area contributed by atoms with Crippen LogP contribution >= 0.6 is 0 Å². The quantitative estimate of drug-likeness (QED) is 0.840. The minimum absolute atomic E-state index is 0.0736. The number of rotatable bonds is 5. The van der Waals surface area contributed by atoms with Gasteiger partial charge in [0.1, 0.15) is 5.82 Å². The minimum atomic E-state index is -0.256. The summed E-state index contributed by atoms with van der Waals surface area (Å²) < 4.78 is 13.2. The van der Waals surface area contributed by atoms with Crippen molar-refractivity contribution in [2.75, 3.05) is 14.1 Å². The summed E-state index contributed by atoms with van der Waals surface area (Å²) in [5.74, 6) is 0.273. The lowest BCUT2D eigenvalue weighted by molar-refractivity contribution is -0.128. The Kier molecular flexibility index (Phi) is 4.62. The van der Waals surface area contributed by atoms with Crippen LogP contribution in [-0.4, -0.2) is 45.1 Å². The first-order valence-electron chi connectivity index (χ1n) is 6.72. The lowest BCUT2D eigenvalue weighted by atomic mass is 10.1. The average molecular weight is 291 g/mol. The number of aryl methyl sites for hydroxylation is 2. The third-order valence-corrected chi connectivity index (χ3v) is 3.12. The summed E-state index contributed by atoms with van der Waals surface area (Å²) in [6, 6.07) is 4.70. The first kappa shape index (κ1) is 15.1. The molecule has 0 radical (unpaired) electrons. The van der Waals surface area contributed by atoms with E-state index in [1.807, 2.05) is 0 Å². The second kappa shape index (κ2) is 6.43. The molecular weight excluding hydrogens is 273 g/mol. The van der Waals surface area contributed by atoms with Crippen molar-refractivity contribution < 1.29 is 9.18 Å². The summed E-state index contributed by atoms with van der Waals surface area (Å²) >= 11 is 0. The Labute approximate surface area is 122 Å². The average Bonchev–Trinajstić information content (AvgIpc) is 2.90. The van der Waals surface area contributed by atoms with Crippen molar-refractivity contribution >= 4 is 5.91 Å². The molecule has 0 aliphatic rings. The van der Waals surface area contributed by atoms with Gasteiger partial charge in [0.15, 0.2) is 0 Å². The largest absolute Gasteiger partial charge is 0.349 e. The zero-order valence-corrected chi connectivity index (χ0v) is 12.4. The molecule has 0 fully saturated rings. The Hall–Kier alpha value is -2.31. The van der Waals surface area contributed by atoms with E-state index >= 15 is 0 Å². The fraction of sp³-hybridized carbons (Fsp3) is 0.429. The summed E-state index contributed by atoms with van der Waals surface area (Å²) in [5.41, 5.74) is 1.27. The topological polar surface area (TPSA) is 63.9 Å². The summed E-state index contributed by atoms with van der Waals surface area (Å²) in [7, 11) is 3.45. The fourth-order valence-electron chi connectivity index (χ4n) is 1.83. The van der Waals surface area contributed by atoms with Gasteiger partial charge in [-0.1, -0.05) is 0 Å². The van der Waals surface area contributed by atoms with Crippen LogP contribution in [0.3, 0.4) is 0 Å². The molecule has 0 atom stereocenters. The molecule has 2 rings (SSSR count). The zero-order valence-electron chi connectivity index (χ0n) is 12.4. The molecular formula is C14H18FN5O. The van der Waals surface area contributed by atoms with Gasteiger partial charge in [0.25, 0.3) is 0 Å². The van der Waals surface area contributed by atoms with E-state index in [1.54, 1.807) is 38.1 Å². The number of amides is 1. The molecule has 21 heavy (non-hydrogen) atoms. The highest BCUT2D eigenvalue weighted by Gasteiger charge is 2.09. The SMILES string of the molecule is Cc1cc(-c2nnn(CCCC(=O)N(C)C)n2)ccc1F. The van der Waals surface area contributed by atoms with Crippen LogP contribution in [-0.2, 0) is 11.3 Å². The standard InChI is InChI=1S/C14H18FN5O/c1-10-9-11(6-7-12(10)15)14-16-18-20(17-14)8-4-5-13(21)19(2)3/h6-7,9H,4-5,8H2,1-3H3. The van der Waals surface area contributed by atoms with E-state index in [0.717, 1.165) is 5.56 Å². The van der Waals surface area contributed by atoms with Crippen molar-refractivity contribution in [3.05, 3.63) is 29.6 Å². The van der Waals surface area contributed by atoms with Gasteiger partial charge in [0.2, 0.25) is 11.7 Å². The molecule has 0 saturated carbocycles. The van der Waals surface area contributed by atoms with E-state index in [1.165, 1.54) is 10.9 Å². The highest BCUT2D eigenvalue weighted by atomic mass is 19.1. The maximum atomic E-state index is 13.2.